The number of rotatable bonds is 2. The van der Waals surface area contributed by atoms with Crippen LogP contribution in [-0.2, 0) is 9.53 Å². The molecule has 110 valence electrons. The molecule has 0 bridgehead atoms. The lowest BCUT2D eigenvalue weighted by atomic mass is 9.80. The van der Waals surface area contributed by atoms with E-state index >= 15 is 0 Å². The Morgan fingerprint density at radius 2 is 2.05 bits per heavy atom. The maximum atomic E-state index is 12.8. The van der Waals surface area contributed by atoms with E-state index in [0.29, 0.717) is 25.5 Å². The van der Waals surface area contributed by atoms with E-state index in [1.807, 2.05) is 18.7 Å². The molecule has 2 rings (SSSR count). The predicted octanol–water partition coefficient (Wildman–Crippen LogP) is 1.78. The monoisotopic (exact) mass is 268 g/mol. The van der Waals surface area contributed by atoms with Crippen LogP contribution >= 0.6 is 0 Å². The van der Waals surface area contributed by atoms with E-state index < -0.39 is 0 Å². The van der Waals surface area contributed by atoms with Crippen LogP contribution in [0.3, 0.4) is 0 Å². The van der Waals surface area contributed by atoms with Gasteiger partial charge in [0, 0.05) is 25.6 Å². The van der Waals surface area contributed by atoms with Crippen molar-refractivity contribution in [3.05, 3.63) is 0 Å². The second-order valence-corrected chi connectivity index (χ2v) is 7.39. The number of ether oxygens (including phenoxy) is 1. The van der Waals surface area contributed by atoms with Crippen LogP contribution in [0, 0.1) is 11.3 Å². The summed E-state index contributed by atoms with van der Waals surface area (Å²) < 4.78 is 5.90. The van der Waals surface area contributed by atoms with Gasteiger partial charge in [0.25, 0.3) is 0 Å². The first-order valence-electron chi connectivity index (χ1n) is 7.42. The fourth-order valence-corrected chi connectivity index (χ4v) is 3.59. The van der Waals surface area contributed by atoms with Crippen molar-refractivity contribution < 1.29 is 9.53 Å². The van der Waals surface area contributed by atoms with Gasteiger partial charge in [-0.05, 0) is 32.1 Å². The molecule has 1 amide bonds. The van der Waals surface area contributed by atoms with Crippen LogP contribution < -0.4 is 5.73 Å². The predicted molar refractivity (Wildman–Crippen MR) is 75.7 cm³/mol. The third-order valence-corrected chi connectivity index (χ3v) is 4.61. The summed E-state index contributed by atoms with van der Waals surface area (Å²) in [4.78, 5) is 14.8. The molecule has 4 nitrogen and oxygen atoms in total. The highest BCUT2D eigenvalue weighted by Gasteiger charge is 2.44. The molecule has 2 fully saturated rings. The maximum Gasteiger partial charge on any atom is 0.226 e. The number of carbonyl (C=O) groups excluding carboxylic acids is 1. The van der Waals surface area contributed by atoms with Crippen molar-refractivity contribution in [2.75, 3.05) is 19.6 Å². The lowest BCUT2D eigenvalue weighted by molar-refractivity contribution is -0.164. The summed E-state index contributed by atoms with van der Waals surface area (Å²) in [6, 6.07) is 0. The van der Waals surface area contributed by atoms with Crippen molar-refractivity contribution in [2.45, 2.75) is 58.7 Å². The molecule has 2 N–H and O–H groups in total. The van der Waals surface area contributed by atoms with Gasteiger partial charge in [-0.1, -0.05) is 20.3 Å². The topological polar surface area (TPSA) is 55.6 Å². The second kappa shape index (κ2) is 5.06. The molecule has 1 saturated carbocycles. The summed E-state index contributed by atoms with van der Waals surface area (Å²) in [5, 5.41) is 0. The lowest BCUT2D eigenvalue weighted by Gasteiger charge is -2.44. The number of carbonyl (C=O) groups is 1. The lowest BCUT2D eigenvalue weighted by Crippen LogP contribution is -2.58. The summed E-state index contributed by atoms with van der Waals surface area (Å²) in [6.07, 6.45) is 3.31. The molecule has 2 unspecified atom stereocenters. The minimum absolute atomic E-state index is 0.0304. The van der Waals surface area contributed by atoms with Crippen LogP contribution in [0.2, 0.25) is 0 Å². The fraction of sp³-hybridized carbons (Fsp3) is 0.933. The Kier molecular flexibility index (Phi) is 3.94. The van der Waals surface area contributed by atoms with E-state index in [2.05, 4.69) is 13.8 Å². The van der Waals surface area contributed by atoms with E-state index in [0.717, 1.165) is 19.3 Å². The van der Waals surface area contributed by atoms with Crippen LogP contribution in [-0.4, -0.2) is 42.1 Å². The highest BCUT2D eigenvalue weighted by Crippen LogP contribution is 2.43. The third-order valence-electron chi connectivity index (χ3n) is 4.61. The van der Waals surface area contributed by atoms with E-state index in [9.17, 15) is 4.79 Å². The largest absolute Gasteiger partial charge is 0.367 e. The molecule has 19 heavy (non-hydrogen) atoms. The second-order valence-electron chi connectivity index (χ2n) is 7.39. The molecule has 0 aromatic rings. The molecule has 0 spiro atoms. The maximum absolute atomic E-state index is 12.8. The van der Waals surface area contributed by atoms with Gasteiger partial charge < -0.3 is 15.4 Å². The first-order chi connectivity index (χ1) is 8.75. The van der Waals surface area contributed by atoms with Gasteiger partial charge in [0.1, 0.15) is 0 Å². The standard InChI is InChI=1S/C15H28N2O2/c1-14(2)7-5-6-12(14)13(18)17-9-11(8-16)19-15(3,4)10-17/h11-12H,5-10,16H2,1-4H3. The van der Waals surface area contributed by atoms with Gasteiger partial charge in [-0.15, -0.1) is 0 Å². The normalized spacial score (nSPS) is 33.4. The molecule has 1 aliphatic heterocycles. The summed E-state index contributed by atoms with van der Waals surface area (Å²) in [6.45, 7) is 10.3. The molecule has 0 aromatic heterocycles. The Hall–Kier alpha value is -0.610. The summed E-state index contributed by atoms with van der Waals surface area (Å²) in [7, 11) is 0. The zero-order valence-corrected chi connectivity index (χ0v) is 12.7. The number of nitrogens with two attached hydrogens (primary N) is 1. The molecular formula is C15H28N2O2. The van der Waals surface area contributed by atoms with Gasteiger partial charge >= 0.3 is 0 Å². The summed E-state index contributed by atoms with van der Waals surface area (Å²) in [5.41, 5.74) is 5.58. The van der Waals surface area contributed by atoms with E-state index in [1.165, 1.54) is 0 Å². The van der Waals surface area contributed by atoms with Crippen LogP contribution in [0.4, 0.5) is 0 Å². The third kappa shape index (κ3) is 3.11. The minimum Gasteiger partial charge on any atom is -0.367 e. The average molecular weight is 268 g/mol. The van der Waals surface area contributed by atoms with E-state index in [-0.39, 0.29) is 23.0 Å². The van der Waals surface area contributed by atoms with E-state index in [4.69, 9.17) is 10.5 Å². The smallest absolute Gasteiger partial charge is 0.226 e. The van der Waals surface area contributed by atoms with Gasteiger partial charge in [0.05, 0.1) is 11.7 Å². The highest BCUT2D eigenvalue weighted by molar-refractivity contribution is 5.80. The molecule has 4 heteroatoms. The van der Waals surface area contributed by atoms with Gasteiger partial charge in [-0.25, -0.2) is 0 Å². The first kappa shape index (κ1) is 14.8. The van der Waals surface area contributed by atoms with Crippen LogP contribution in [0.1, 0.15) is 47.0 Å². The summed E-state index contributed by atoms with van der Waals surface area (Å²) >= 11 is 0. The number of hydrogen-bond acceptors (Lipinski definition) is 3. The Morgan fingerprint density at radius 3 is 2.58 bits per heavy atom. The Bertz CT molecular complexity index is 352. The quantitative estimate of drug-likeness (QED) is 0.830. The van der Waals surface area contributed by atoms with Gasteiger partial charge in [0.2, 0.25) is 5.91 Å². The Balaban J connectivity index is 2.10. The van der Waals surface area contributed by atoms with Crippen molar-refractivity contribution in [2.24, 2.45) is 17.1 Å². The molecule has 0 aromatic carbocycles. The molecule has 1 aliphatic carbocycles. The Labute approximate surface area is 116 Å². The van der Waals surface area contributed by atoms with Crippen molar-refractivity contribution in [3.63, 3.8) is 0 Å². The number of amides is 1. The number of morpholine rings is 1. The number of nitrogens with zero attached hydrogens (tertiary/aromatic N) is 1. The van der Waals surface area contributed by atoms with Crippen molar-refractivity contribution in [1.82, 2.24) is 4.90 Å². The van der Waals surface area contributed by atoms with Crippen LogP contribution in [0.5, 0.6) is 0 Å². The molecule has 0 radical (unpaired) electrons. The van der Waals surface area contributed by atoms with Crippen molar-refractivity contribution in [1.29, 1.82) is 0 Å². The molecule has 1 heterocycles. The zero-order valence-electron chi connectivity index (χ0n) is 12.7. The highest BCUT2D eigenvalue weighted by atomic mass is 16.5. The van der Waals surface area contributed by atoms with Crippen molar-refractivity contribution in [3.8, 4) is 0 Å². The molecule has 1 saturated heterocycles. The number of hydrogen-bond donors (Lipinski definition) is 1. The van der Waals surface area contributed by atoms with Gasteiger partial charge in [-0.2, -0.15) is 0 Å². The molecule has 2 atom stereocenters. The minimum atomic E-state index is -0.291. The van der Waals surface area contributed by atoms with Gasteiger partial charge in [0.15, 0.2) is 0 Å². The van der Waals surface area contributed by atoms with Crippen LogP contribution in [0.25, 0.3) is 0 Å². The zero-order chi connectivity index (χ0) is 14.3. The van der Waals surface area contributed by atoms with Crippen molar-refractivity contribution >= 4 is 5.91 Å². The van der Waals surface area contributed by atoms with Crippen LogP contribution in [0.15, 0.2) is 0 Å². The molecular weight excluding hydrogens is 240 g/mol. The molecule has 2 aliphatic rings. The SMILES string of the molecule is CC1(C)CN(C(=O)C2CCCC2(C)C)CC(CN)O1. The van der Waals surface area contributed by atoms with E-state index in [1.54, 1.807) is 0 Å². The fourth-order valence-electron chi connectivity index (χ4n) is 3.59. The average Bonchev–Trinajstić information content (AvgIpc) is 2.65. The Morgan fingerprint density at radius 1 is 1.37 bits per heavy atom. The first-order valence-corrected chi connectivity index (χ1v) is 7.42. The summed E-state index contributed by atoms with van der Waals surface area (Å²) in [5.74, 6) is 0.470. The van der Waals surface area contributed by atoms with Gasteiger partial charge in [-0.3, -0.25) is 4.79 Å².